The lowest BCUT2D eigenvalue weighted by molar-refractivity contribution is 0.669. The molecule has 3 nitrogen and oxygen atoms in total. The molecule has 0 spiro atoms. The Kier molecular flexibility index (Phi) is 6.00. The summed E-state index contributed by atoms with van der Waals surface area (Å²) in [7, 11) is 0. The molecule has 7 aromatic carbocycles. The summed E-state index contributed by atoms with van der Waals surface area (Å²) in [5.74, 6) is 0.705. The Morgan fingerprint density at radius 1 is 0.469 bits per heavy atom. The summed E-state index contributed by atoms with van der Waals surface area (Å²) in [4.78, 5) is 10.7. The summed E-state index contributed by atoms with van der Waals surface area (Å²) in [5, 5.41) is 4.47. The van der Waals surface area contributed by atoms with E-state index >= 15 is 0 Å². The zero-order valence-corrected chi connectivity index (χ0v) is 26.9. The van der Waals surface area contributed by atoms with Gasteiger partial charge in [0.25, 0.3) is 0 Å². The van der Waals surface area contributed by atoms with Crippen molar-refractivity contribution >= 4 is 32.7 Å². The molecule has 0 N–H and O–H groups in total. The van der Waals surface area contributed by atoms with Crippen LogP contribution >= 0.6 is 0 Å². The van der Waals surface area contributed by atoms with E-state index < -0.39 is 0 Å². The first-order chi connectivity index (χ1) is 24.2. The number of rotatable bonds is 4. The van der Waals surface area contributed by atoms with Gasteiger partial charge in [-0.2, -0.15) is 0 Å². The van der Waals surface area contributed by atoms with Crippen molar-refractivity contribution in [2.45, 2.75) is 12.3 Å². The summed E-state index contributed by atoms with van der Waals surface area (Å²) in [6.45, 7) is 2.36. The van der Waals surface area contributed by atoms with Crippen LogP contribution in [0.1, 0.15) is 23.6 Å². The quantitative estimate of drug-likeness (QED) is 0.195. The third-order valence-corrected chi connectivity index (χ3v) is 10.4. The summed E-state index contributed by atoms with van der Waals surface area (Å²) in [5.41, 5.74) is 12.7. The van der Waals surface area contributed by atoms with Crippen LogP contribution < -0.4 is 0 Å². The van der Waals surface area contributed by atoms with Crippen LogP contribution in [0.4, 0.5) is 0 Å². The van der Waals surface area contributed by atoms with Crippen LogP contribution in [0.15, 0.2) is 168 Å². The minimum absolute atomic E-state index is 0.301. The van der Waals surface area contributed by atoms with Gasteiger partial charge in [-0.1, -0.05) is 133 Å². The molecule has 230 valence electrons. The molecule has 9 aromatic rings. The van der Waals surface area contributed by atoms with Crippen molar-refractivity contribution in [3.05, 3.63) is 180 Å². The van der Waals surface area contributed by atoms with Crippen molar-refractivity contribution in [3.63, 3.8) is 0 Å². The predicted molar refractivity (Wildman–Crippen MR) is 201 cm³/mol. The van der Waals surface area contributed by atoms with Gasteiger partial charge < -0.3 is 4.42 Å². The number of fused-ring (bicyclic) bond motifs is 7. The van der Waals surface area contributed by atoms with E-state index in [1.54, 1.807) is 0 Å². The Morgan fingerprint density at radius 2 is 1.12 bits per heavy atom. The molecule has 0 aliphatic heterocycles. The Bertz CT molecular complexity index is 2740. The highest BCUT2D eigenvalue weighted by Gasteiger charge is 2.41. The molecule has 1 aliphatic carbocycles. The number of hydrogen-bond donors (Lipinski definition) is 0. The number of aromatic nitrogens is 2. The van der Waals surface area contributed by atoms with Crippen LogP contribution in [-0.2, 0) is 5.41 Å². The molecule has 10 rings (SSSR count). The molecular weight excluding hydrogens is 597 g/mol. The van der Waals surface area contributed by atoms with Gasteiger partial charge in [0.05, 0.1) is 11.4 Å². The lowest BCUT2D eigenvalue weighted by Crippen LogP contribution is -2.22. The molecule has 0 bridgehead atoms. The second-order valence-corrected chi connectivity index (χ2v) is 13.1. The molecule has 1 atom stereocenters. The molecule has 2 aromatic heterocycles. The number of benzene rings is 7. The third-order valence-electron chi connectivity index (χ3n) is 10.4. The standard InChI is InChI=1S/C46H30N2O/c1-46(31-15-3-2-4-16-31)38-22-9-7-19-35(38)44-36(21-12-23-39(44)46)41-28-40(30-25-26-43-37(27-30)33-18-8-10-24-42(33)49-43)47-45(48-41)34-20-11-14-29-13-5-6-17-32(29)34/h2-28H,1H3. The number of nitrogens with zero attached hydrogens (tertiary/aromatic N) is 2. The van der Waals surface area contributed by atoms with Gasteiger partial charge in [0.1, 0.15) is 11.2 Å². The van der Waals surface area contributed by atoms with Crippen LogP contribution in [0, 0.1) is 0 Å². The van der Waals surface area contributed by atoms with Crippen LogP contribution in [0.5, 0.6) is 0 Å². The lowest BCUT2D eigenvalue weighted by atomic mass is 9.74. The zero-order valence-electron chi connectivity index (χ0n) is 26.9. The minimum atomic E-state index is -0.301. The van der Waals surface area contributed by atoms with Gasteiger partial charge in [0.15, 0.2) is 5.82 Å². The number of para-hydroxylation sites is 1. The molecule has 1 aliphatic rings. The van der Waals surface area contributed by atoms with Crippen molar-refractivity contribution in [3.8, 4) is 45.0 Å². The molecule has 1 unspecified atom stereocenters. The minimum Gasteiger partial charge on any atom is -0.456 e. The van der Waals surface area contributed by atoms with E-state index in [9.17, 15) is 0 Å². The third kappa shape index (κ3) is 4.15. The van der Waals surface area contributed by atoms with Crippen molar-refractivity contribution in [1.82, 2.24) is 9.97 Å². The molecule has 0 saturated carbocycles. The normalized spacial score (nSPS) is 15.1. The highest BCUT2D eigenvalue weighted by Crippen LogP contribution is 2.55. The van der Waals surface area contributed by atoms with Gasteiger partial charge >= 0.3 is 0 Å². The van der Waals surface area contributed by atoms with Crippen molar-refractivity contribution in [2.75, 3.05) is 0 Å². The van der Waals surface area contributed by atoms with Gasteiger partial charge in [-0.15, -0.1) is 0 Å². The molecule has 0 radical (unpaired) electrons. The topological polar surface area (TPSA) is 38.9 Å². The smallest absolute Gasteiger partial charge is 0.161 e. The Morgan fingerprint density at radius 3 is 2.04 bits per heavy atom. The second kappa shape index (κ2) is 10.6. The van der Waals surface area contributed by atoms with Gasteiger partial charge in [0.2, 0.25) is 0 Å². The van der Waals surface area contributed by atoms with Gasteiger partial charge in [-0.3, -0.25) is 0 Å². The van der Waals surface area contributed by atoms with Crippen molar-refractivity contribution in [2.24, 2.45) is 0 Å². The van der Waals surface area contributed by atoms with E-state index in [1.165, 1.54) is 27.8 Å². The maximum atomic E-state index is 6.18. The monoisotopic (exact) mass is 626 g/mol. The zero-order chi connectivity index (χ0) is 32.5. The van der Waals surface area contributed by atoms with Crippen molar-refractivity contribution in [1.29, 1.82) is 0 Å². The van der Waals surface area contributed by atoms with Crippen LogP contribution in [0.2, 0.25) is 0 Å². The second-order valence-electron chi connectivity index (χ2n) is 13.1. The van der Waals surface area contributed by atoms with E-state index in [-0.39, 0.29) is 5.41 Å². The summed E-state index contributed by atoms with van der Waals surface area (Å²) in [6.07, 6.45) is 0. The molecule has 2 heterocycles. The number of furan rings is 1. The van der Waals surface area contributed by atoms with E-state index in [0.29, 0.717) is 5.82 Å². The van der Waals surface area contributed by atoms with Gasteiger partial charge in [0, 0.05) is 32.9 Å². The molecule has 49 heavy (non-hydrogen) atoms. The Hall–Kier alpha value is -6.32. The van der Waals surface area contributed by atoms with E-state index in [4.69, 9.17) is 14.4 Å². The first kappa shape index (κ1) is 27.8. The number of hydrogen-bond acceptors (Lipinski definition) is 3. The largest absolute Gasteiger partial charge is 0.456 e. The molecule has 0 amide bonds. The van der Waals surface area contributed by atoms with Crippen molar-refractivity contribution < 1.29 is 4.42 Å². The van der Waals surface area contributed by atoms with E-state index in [1.807, 2.05) is 12.1 Å². The van der Waals surface area contributed by atoms with Gasteiger partial charge in [-0.05, 0) is 75.8 Å². The van der Waals surface area contributed by atoms with E-state index in [0.717, 1.165) is 60.8 Å². The lowest BCUT2D eigenvalue weighted by Gasteiger charge is -2.28. The predicted octanol–water partition coefficient (Wildman–Crippen LogP) is 11.9. The van der Waals surface area contributed by atoms with Crippen LogP contribution in [-0.4, -0.2) is 9.97 Å². The average molecular weight is 627 g/mol. The fourth-order valence-corrected chi connectivity index (χ4v) is 8.00. The van der Waals surface area contributed by atoms with Crippen LogP contribution in [0.25, 0.3) is 77.7 Å². The Labute approximate surface area is 284 Å². The molecule has 3 heteroatoms. The average Bonchev–Trinajstić information content (AvgIpc) is 3.68. The van der Waals surface area contributed by atoms with Gasteiger partial charge in [-0.25, -0.2) is 9.97 Å². The summed E-state index contributed by atoms with van der Waals surface area (Å²) in [6, 6.07) is 58.0. The Balaban J connectivity index is 1.25. The van der Waals surface area contributed by atoms with E-state index in [2.05, 4.69) is 159 Å². The van der Waals surface area contributed by atoms with Crippen LogP contribution in [0.3, 0.4) is 0 Å². The fourth-order valence-electron chi connectivity index (χ4n) is 8.00. The summed E-state index contributed by atoms with van der Waals surface area (Å²) < 4.78 is 6.18. The first-order valence-corrected chi connectivity index (χ1v) is 16.7. The maximum Gasteiger partial charge on any atom is 0.161 e. The molecule has 0 fully saturated rings. The first-order valence-electron chi connectivity index (χ1n) is 16.7. The summed E-state index contributed by atoms with van der Waals surface area (Å²) >= 11 is 0. The molecule has 0 saturated heterocycles. The highest BCUT2D eigenvalue weighted by atomic mass is 16.3. The molecular formula is C46H30N2O. The maximum absolute atomic E-state index is 6.18. The highest BCUT2D eigenvalue weighted by molar-refractivity contribution is 6.06. The fraction of sp³-hybridized carbons (Fsp3) is 0.0435. The SMILES string of the molecule is CC1(c2ccccc2)c2ccccc2-c2c(-c3cc(-c4ccc5oc6ccccc6c5c4)nc(-c4cccc5ccccc45)n3)cccc21.